The van der Waals surface area contributed by atoms with Crippen LogP contribution in [0.4, 0.5) is 0 Å². The minimum atomic E-state index is -3.57. The van der Waals surface area contributed by atoms with Gasteiger partial charge < -0.3 is 4.74 Å². The van der Waals surface area contributed by atoms with Gasteiger partial charge in [0.15, 0.2) is 0 Å². The molecule has 0 saturated carbocycles. The summed E-state index contributed by atoms with van der Waals surface area (Å²) in [6.07, 6.45) is 3.77. The van der Waals surface area contributed by atoms with E-state index in [-0.39, 0.29) is 4.90 Å². The number of fused-ring (bicyclic) bond motifs is 1. The Hall–Kier alpha value is -2.77. The summed E-state index contributed by atoms with van der Waals surface area (Å²) in [4.78, 5) is 8.45. The van der Waals surface area contributed by atoms with E-state index in [0.717, 1.165) is 11.3 Å². The van der Waals surface area contributed by atoms with E-state index in [4.69, 9.17) is 4.74 Å². The van der Waals surface area contributed by atoms with Crippen LogP contribution in [0.25, 0.3) is 0 Å². The van der Waals surface area contributed by atoms with Crippen molar-refractivity contribution >= 4 is 10.0 Å². The first kappa shape index (κ1) is 16.7. The molecule has 4 rings (SSSR count). The minimum absolute atomic E-state index is 0.248. The molecular weight excluding hydrogens is 350 g/mol. The molecule has 6 nitrogen and oxygen atoms in total. The lowest BCUT2D eigenvalue weighted by Gasteiger charge is -2.27. The second kappa shape index (κ2) is 6.86. The number of hydrogen-bond acceptors (Lipinski definition) is 5. The van der Waals surface area contributed by atoms with Gasteiger partial charge in [-0.2, -0.15) is 4.31 Å². The average molecular weight is 367 g/mol. The van der Waals surface area contributed by atoms with Crippen LogP contribution in [0.1, 0.15) is 11.3 Å². The molecule has 0 spiro atoms. The highest BCUT2D eigenvalue weighted by Crippen LogP contribution is 2.26. The minimum Gasteiger partial charge on any atom is -0.457 e. The fraction of sp³-hybridized carbons (Fsp3) is 0.158. The van der Waals surface area contributed by atoms with E-state index >= 15 is 0 Å². The summed E-state index contributed by atoms with van der Waals surface area (Å²) in [7, 11) is -3.57. The Morgan fingerprint density at radius 3 is 2.46 bits per heavy atom. The predicted molar refractivity (Wildman–Crippen MR) is 96.3 cm³/mol. The lowest BCUT2D eigenvalue weighted by atomic mass is 10.1. The molecule has 2 aromatic carbocycles. The Morgan fingerprint density at radius 1 is 0.962 bits per heavy atom. The van der Waals surface area contributed by atoms with Gasteiger partial charge in [0.25, 0.3) is 0 Å². The second-order valence-corrected chi connectivity index (χ2v) is 7.91. The zero-order chi connectivity index (χ0) is 18.0. The number of aromatic nitrogens is 2. The highest BCUT2D eigenvalue weighted by atomic mass is 32.2. The Bertz CT molecular complexity index is 1010. The van der Waals surface area contributed by atoms with Gasteiger partial charge >= 0.3 is 0 Å². The number of benzene rings is 2. The van der Waals surface area contributed by atoms with Gasteiger partial charge in [-0.25, -0.2) is 18.4 Å². The van der Waals surface area contributed by atoms with Gasteiger partial charge in [0.1, 0.15) is 17.8 Å². The molecule has 3 aromatic rings. The van der Waals surface area contributed by atoms with Crippen molar-refractivity contribution in [3.05, 3.63) is 78.4 Å². The number of sulfonamides is 1. The molecule has 0 aliphatic carbocycles. The molecule has 132 valence electrons. The molecule has 1 aromatic heterocycles. The molecule has 0 amide bonds. The van der Waals surface area contributed by atoms with Crippen LogP contribution in [0, 0.1) is 0 Å². The maximum absolute atomic E-state index is 12.9. The maximum Gasteiger partial charge on any atom is 0.243 e. The summed E-state index contributed by atoms with van der Waals surface area (Å²) in [6.45, 7) is 0.704. The molecule has 26 heavy (non-hydrogen) atoms. The van der Waals surface area contributed by atoms with Crippen LogP contribution in [0.3, 0.4) is 0 Å². The topological polar surface area (TPSA) is 72.4 Å². The Balaban J connectivity index is 1.53. The third kappa shape index (κ3) is 3.31. The third-order valence-corrected chi connectivity index (χ3v) is 6.13. The van der Waals surface area contributed by atoms with Crippen molar-refractivity contribution in [1.29, 1.82) is 0 Å². The molecule has 0 fully saturated rings. The van der Waals surface area contributed by atoms with E-state index in [1.54, 1.807) is 30.5 Å². The van der Waals surface area contributed by atoms with Crippen molar-refractivity contribution in [2.75, 3.05) is 6.54 Å². The zero-order valence-corrected chi connectivity index (χ0v) is 14.8. The number of hydrogen-bond donors (Lipinski definition) is 0. The summed E-state index contributed by atoms with van der Waals surface area (Å²) in [6, 6.07) is 15.8. The number of nitrogens with zero attached hydrogens (tertiary/aromatic N) is 3. The molecule has 0 saturated heterocycles. The van der Waals surface area contributed by atoms with Crippen molar-refractivity contribution in [1.82, 2.24) is 14.3 Å². The Morgan fingerprint density at radius 2 is 1.69 bits per heavy atom. The molecule has 1 aliphatic rings. The predicted octanol–water partition coefficient (Wildman–Crippen LogP) is 3.02. The van der Waals surface area contributed by atoms with Gasteiger partial charge in [0.05, 0.1) is 4.90 Å². The molecule has 2 heterocycles. The van der Waals surface area contributed by atoms with Crippen LogP contribution in [0.2, 0.25) is 0 Å². The van der Waals surface area contributed by atoms with E-state index in [9.17, 15) is 8.42 Å². The SMILES string of the molecule is O=S(=O)(c1ccc(Oc2ccccc2)cc1)N1CCc2ncncc2C1. The molecule has 1 aliphatic heterocycles. The summed E-state index contributed by atoms with van der Waals surface area (Å²) < 4.78 is 33.0. The largest absolute Gasteiger partial charge is 0.457 e. The first-order valence-electron chi connectivity index (χ1n) is 8.24. The van der Waals surface area contributed by atoms with Crippen LogP contribution in [-0.2, 0) is 23.0 Å². The summed E-state index contributed by atoms with van der Waals surface area (Å²) in [5.74, 6) is 1.29. The van der Waals surface area contributed by atoms with Crippen LogP contribution in [0.5, 0.6) is 11.5 Å². The van der Waals surface area contributed by atoms with E-state index < -0.39 is 10.0 Å². The third-order valence-electron chi connectivity index (χ3n) is 4.27. The molecule has 0 unspecified atom stereocenters. The molecule has 0 radical (unpaired) electrons. The van der Waals surface area contributed by atoms with Crippen LogP contribution in [0.15, 0.2) is 72.0 Å². The Kier molecular flexibility index (Phi) is 4.40. The first-order valence-corrected chi connectivity index (χ1v) is 9.68. The van der Waals surface area contributed by atoms with Gasteiger partial charge in [-0.05, 0) is 36.4 Å². The number of rotatable bonds is 4. The summed E-state index contributed by atoms with van der Waals surface area (Å²) in [5.41, 5.74) is 1.77. The van der Waals surface area contributed by atoms with E-state index in [0.29, 0.717) is 31.0 Å². The van der Waals surface area contributed by atoms with Gasteiger partial charge in [0, 0.05) is 37.0 Å². The molecular formula is C19H17N3O3S. The van der Waals surface area contributed by atoms with Gasteiger partial charge in [-0.15, -0.1) is 0 Å². The van der Waals surface area contributed by atoms with E-state index in [1.807, 2.05) is 30.3 Å². The van der Waals surface area contributed by atoms with Crippen molar-refractivity contribution in [2.24, 2.45) is 0 Å². The van der Waals surface area contributed by atoms with Gasteiger partial charge in [-0.3, -0.25) is 0 Å². The fourth-order valence-electron chi connectivity index (χ4n) is 2.90. The summed E-state index contributed by atoms with van der Waals surface area (Å²) >= 11 is 0. The smallest absolute Gasteiger partial charge is 0.243 e. The second-order valence-electron chi connectivity index (χ2n) is 5.97. The normalized spacial score (nSPS) is 14.6. The molecule has 7 heteroatoms. The number of para-hydroxylation sites is 1. The van der Waals surface area contributed by atoms with Gasteiger partial charge in [-0.1, -0.05) is 18.2 Å². The molecule has 0 atom stereocenters. The fourth-order valence-corrected chi connectivity index (χ4v) is 4.32. The average Bonchev–Trinajstić information content (AvgIpc) is 2.69. The first-order chi connectivity index (χ1) is 12.6. The zero-order valence-electron chi connectivity index (χ0n) is 13.9. The lowest BCUT2D eigenvalue weighted by Crippen LogP contribution is -2.36. The molecule has 0 N–H and O–H groups in total. The lowest BCUT2D eigenvalue weighted by molar-refractivity contribution is 0.386. The van der Waals surface area contributed by atoms with Crippen LogP contribution < -0.4 is 4.74 Å². The van der Waals surface area contributed by atoms with Gasteiger partial charge in [0.2, 0.25) is 10.0 Å². The van der Waals surface area contributed by atoms with Crippen molar-refractivity contribution in [3.63, 3.8) is 0 Å². The quantitative estimate of drug-likeness (QED) is 0.709. The van der Waals surface area contributed by atoms with Crippen LogP contribution >= 0.6 is 0 Å². The Labute approximate surface area is 152 Å². The highest BCUT2D eigenvalue weighted by Gasteiger charge is 2.28. The van der Waals surface area contributed by atoms with E-state index in [2.05, 4.69) is 9.97 Å². The standard InChI is InChI=1S/C19H17N3O3S/c23-26(24,22-11-10-19-15(13-22)12-20-14-21-19)18-8-6-17(7-9-18)25-16-4-2-1-3-5-16/h1-9,12,14H,10-11,13H2. The van der Waals surface area contributed by atoms with Crippen molar-refractivity contribution in [3.8, 4) is 11.5 Å². The monoisotopic (exact) mass is 367 g/mol. The van der Waals surface area contributed by atoms with Crippen molar-refractivity contribution < 1.29 is 13.2 Å². The maximum atomic E-state index is 12.9. The molecule has 0 bridgehead atoms. The highest BCUT2D eigenvalue weighted by molar-refractivity contribution is 7.89. The van der Waals surface area contributed by atoms with E-state index in [1.165, 1.54) is 10.6 Å². The number of ether oxygens (including phenoxy) is 1. The summed E-state index contributed by atoms with van der Waals surface area (Å²) in [5, 5.41) is 0. The van der Waals surface area contributed by atoms with Crippen molar-refractivity contribution in [2.45, 2.75) is 17.9 Å². The van der Waals surface area contributed by atoms with Crippen LogP contribution in [-0.4, -0.2) is 29.2 Å².